The average molecular weight is 1010 g/mol. The second-order valence-electron chi connectivity index (χ2n) is 21.6. The molecule has 10 aromatic rings. The van der Waals surface area contributed by atoms with Gasteiger partial charge in [-0.1, -0.05) is 150 Å². The van der Waals surface area contributed by atoms with Crippen LogP contribution >= 0.6 is 34.2 Å². The van der Waals surface area contributed by atoms with Gasteiger partial charge in [-0.3, -0.25) is 17.0 Å². The summed E-state index contributed by atoms with van der Waals surface area (Å²) >= 11 is 5.30. The van der Waals surface area contributed by atoms with E-state index < -0.39 is 0 Å². The van der Waals surface area contributed by atoms with E-state index in [-0.39, 0.29) is 0 Å². The van der Waals surface area contributed by atoms with Gasteiger partial charge in [0.25, 0.3) is 0 Å². The number of hydrogen-bond donors (Lipinski definition) is 1. The molecule has 0 aliphatic heterocycles. The molecule has 10 heterocycles. The molecule has 0 bridgehead atoms. The van der Waals surface area contributed by atoms with Gasteiger partial charge < -0.3 is 9.51 Å². The standard InChI is InChI=1S/C11H17N3.C11H16N2O.3C11H16N2S/c1-7(2)9-5-14-6-10(8(3)4)13-11(14)12-9;2*1-7(2)9-6-13-11(12-9)5-10(14-13)8(3)4;1-7(2)9-5-13-6-10(8(3)4)14-11(13)12-9;1-7(2)9-10(8(3)4)13-5-6-14-11(13)12-9/h5-8H,1-4H3,(H,12,13);4*5-8H,1-4H3. The lowest BCUT2D eigenvalue weighted by Gasteiger charge is -2.09. The zero-order valence-electron chi connectivity index (χ0n) is 45.7. The number of imidazole rings is 6. The number of thiazole rings is 2. The van der Waals surface area contributed by atoms with Crippen LogP contribution in [0.1, 0.15) is 253 Å². The minimum Gasteiger partial charge on any atom is -0.378 e. The van der Waals surface area contributed by atoms with Gasteiger partial charge in [-0.2, -0.15) is 4.57 Å². The highest BCUT2D eigenvalue weighted by molar-refractivity contribution is 7.17. The molecule has 0 saturated carbocycles. The molecular formula is C55H81N11OS3. The van der Waals surface area contributed by atoms with E-state index in [9.17, 15) is 0 Å². The number of aromatic amines is 1. The highest BCUT2D eigenvalue weighted by Gasteiger charge is 2.18. The normalized spacial score (nSPS) is 12.1. The van der Waals surface area contributed by atoms with Crippen LogP contribution in [0.2, 0.25) is 0 Å². The summed E-state index contributed by atoms with van der Waals surface area (Å²) in [5.41, 5.74) is 10.5. The van der Waals surface area contributed by atoms with Crippen LogP contribution in [-0.4, -0.2) is 51.5 Å². The lowest BCUT2D eigenvalue weighted by molar-refractivity contribution is 0.334. The first-order valence-electron chi connectivity index (χ1n) is 25.4. The van der Waals surface area contributed by atoms with Gasteiger partial charge in [0, 0.05) is 75.7 Å². The molecule has 0 saturated heterocycles. The third-order valence-electron chi connectivity index (χ3n) is 12.0. The van der Waals surface area contributed by atoms with Gasteiger partial charge >= 0.3 is 0 Å². The SMILES string of the molecule is CC(C)c1cn2cc(C(C)C)[nH]c2n1.CC(C)c1cn2cc(C(C)C)sc2n1.CC(C)c1cn2oc(C(C)C)cc2n1.CC(C)c1cn2sc(C(C)C)cc2n1.CC(C)c1nc2sccn2c1C(C)C. The van der Waals surface area contributed by atoms with Crippen molar-refractivity contribution in [2.24, 2.45) is 0 Å². The fourth-order valence-corrected chi connectivity index (χ4v) is 10.1. The van der Waals surface area contributed by atoms with Gasteiger partial charge in [0.2, 0.25) is 5.78 Å². The van der Waals surface area contributed by atoms with E-state index in [1.54, 1.807) is 38.8 Å². The van der Waals surface area contributed by atoms with Crippen LogP contribution in [0, 0.1) is 0 Å². The Balaban J connectivity index is 0.000000143. The Bertz CT molecular complexity index is 2560. The molecule has 0 atom stereocenters. The Kier molecular flexibility index (Phi) is 17.9. The third-order valence-corrected chi connectivity index (χ3v) is 15.3. The molecule has 0 spiro atoms. The van der Waals surface area contributed by atoms with Crippen molar-refractivity contribution in [3.8, 4) is 0 Å². The number of nitrogens with one attached hydrogen (secondary N) is 1. The smallest absolute Gasteiger partial charge is 0.211 e. The van der Waals surface area contributed by atoms with Crippen molar-refractivity contribution >= 4 is 61.2 Å². The summed E-state index contributed by atoms with van der Waals surface area (Å²) in [6, 6.07) is 4.21. The molecule has 0 amide bonds. The molecular weight excluding hydrogens is 927 g/mol. The summed E-state index contributed by atoms with van der Waals surface area (Å²) in [4.78, 5) is 31.2. The Morgan fingerprint density at radius 1 is 0.486 bits per heavy atom. The molecule has 0 aromatic carbocycles. The Morgan fingerprint density at radius 2 is 1.07 bits per heavy atom. The van der Waals surface area contributed by atoms with Crippen LogP contribution in [0.3, 0.4) is 0 Å². The van der Waals surface area contributed by atoms with E-state index >= 15 is 0 Å². The van der Waals surface area contributed by atoms with E-state index in [0.29, 0.717) is 59.2 Å². The maximum atomic E-state index is 5.61. The van der Waals surface area contributed by atoms with E-state index in [0.717, 1.165) is 44.1 Å². The zero-order chi connectivity index (χ0) is 51.5. The molecule has 15 heteroatoms. The summed E-state index contributed by atoms with van der Waals surface area (Å²) in [6.07, 6.45) is 14.8. The third kappa shape index (κ3) is 12.9. The molecule has 10 aromatic heterocycles. The highest BCUT2D eigenvalue weighted by Crippen LogP contribution is 2.30. The molecule has 70 heavy (non-hydrogen) atoms. The van der Waals surface area contributed by atoms with Crippen molar-refractivity contribution in [2.45, 2.75) is 198 Å². The first-order valence-corrected chi connectivity index (χ1v) is 27.9. The Hall–Kier alpha value is -4.99. The maximum absolute atomic E-state index is 5.61. The zero-order valence-corrected chi connectivity index (χ0v) is 48.1. The number of fused-ring (bicyclic) bond motifs is 5. The first-order chi connectivity index (χ1) is 32.9. The molecule has 10 rings (SSSR count). The van der Waals surface area contributed by atoms with Gasteiger partial charge in [-0.25, -0.2) is 24.9 Å². The van der Waals surface area contributed by atoms with E-state index in [2.05, 4.69) is 234 Å². The molecule has 0 fully saturated rings. The molecule has 380 valence electrons. The monoisotopic (exact) mass is 1010 g/mol. The molecule has 0 aliphatic carbocycles. The molecule has 0 unspecified atom stereocenters. The lowest BCUT2D eigenvalue weighted by atomic mass is 10.0. The van der Waals surface area contributed by atoms with Gasteiger partial charge in [-0.15, -0.1) is 22.7 Å². The van der Waals surface area contributed by atoms with E-state index in [4.69, 9.17) is 4.52 Å². The number of H-pyrrole nitrogens is 1. The second kappa shape index (κ2) is 23.0. The Labute approximate surface area is 428 Å². The summed E-state index contributed by atoms with van der Waals surface area (Å²) in [5, 5.41) is 2.10. The van der Waals surface area contributed by atoms with Gasteiger partial charge in [0.15, 0.2) is 15.6 Å². The van der Waals surface area contributed by atoms with Gasteiger partial charge in [0.05, 0.1) is 34.7 Å². The lowest BCUT2D eigenvalue weighted by Crippen LogP contribution is -1.99. The summed E-state index contributed by atoms with van der Waals surface area (Å²) in [6.45, 7) is 43.6. The number of hydrogen-bond acceptors (Lipinski definition) is 9. The number of rotatable bonds is 10. The van der Waals surface area contributed by atoms with Gasteiger partial charge in [0.1, 0.15) is 11.4 Å². The molecule has 12 nitrogen and oxygen atoms in total. The van der Waals surface area contributed by atoms with Gasteiger partial charge in [-0.05, 0) is 59.3 Å². The van der Waals surface area contributed by atoms with Crippen LogP contribution in [0.25, 0.3) is 27.0 Å². The van der Waals surface area contributed by atoms with Crippen molar-refractivity contribution in [1.82, 2.24) is 51.5 Å². The topological polar surface area (TPSA) is 115 Å². The highest BCUT2D eigenvalue weighted by atomic mass is 32.1. The summed E-state index contributed by atoms with van der Waals surface area (Å²) in [5.74, 6) is 7.12. The summed E-state index contributed by atoms with van der Waals surface area (Å²) in [7, 11) is 0. The van der Waals surface area contributed by atoms with Crippen molar-refractivity contribution in [3.05, 3.63) is 116 Å². The van der Waals surface area contributed by atoms with Crippen LogP contribution in [-0.2, 0) is 0 Å². The van der Waals surface area contributed by atoms with Crippen LogP contribution < -0.4 is 0 Å². The van der Waals surface area contributed by atoms with Crippen molar-refractivity contribution in [1.29, 1.82) is 0 Å². The fraction of sp³-hybridized carbons (Fsp3) is 0.545. The quantitative estimate of drug-likeness (QED) is 0.146. The van der Waals surface area contributed by atoms with Crippen LogP contribution in [0.5, 0.6) is 0 Å². The van der Waals surface area contributed by atoms with Crippen molar-refractivity contribution in [2.75, 3.05) is 0 Å². The first kappa shape index (κ1) is 54.3. The minimum absolute atomic E-state index is 0.416. The largest absolute Gasteiger partial charge is 0.378 e. The predicted octanol–water partition coefficient (Wildman–Crippen LogP) is 17.0. The Morgan fingerprint density at radius 3 is 1.59 bits per heavy atom. The van der Waals surface area contributed by atoms with Crippen LogP contribution in [0.15, 0.2) is 65.4 Å². The van der Waals surface area contributed by atoms with Crippen molar-refractivity contribution < 1.29 is 4.52 Å². The van der Waals surface area contributed by atoms with E-state index in [1.165, 1.54) is 38.2 Å². The number of nitrogens with zero attached hydrogens (tertiary/aromatic N) is 10. The summed E-state index contributed by atoms with van der Waals surface area (Å²) < 4.78 is 16.0. The second-order valence-corrected chi connectivity index (χ2v) is 24.5. The molecule has 0 aliphatic rings. The maximum Gasteiger partial charge on any atom is 0.211 e. The number of aromatic nitrogens is 11. The van der Waals surface area contributed by atoms with Crippen molar-refractivity contribution in [3.63, 3.8) is 0 Å². The molecule has 0 radical (unpaired) electrons. The van der Waals surface area contributed by atoms with Crippen LogP contribution in [0.4, 0.5) is 0 Å². The molecule has 1 N–H and O–H groups in total. The minimum atomic E-state index is 0.416. The van der Waals surface area contributed by atoms with E-state index in [1.807, 2.05) is 12.3 Å². The fourth-order valence-electron chi connectivity index (χ4n) is 7.45. The average Bonchev–Trinajstić information content (AvgIpc) is 4.09. The predicted molar refractivity (Wildman–Crippen MR) is 297 cm³/mol.